The number of carboxylic acid groups (broad SMARTS) is 1. The third kappa shape index (κ3) is 3.94. The fourth-order valence-electron chi connectivity index (χ4n) is 2.68. The molecule has 4 nitrogen and oxygen atoms in total. The van der Waals surface area contributed by atoms with Crippen LogP contribution in [-0.4, -0.2) is 23.5 Å². The summed E-state index contributed by atoms with van der Waals surface area (Å²) < 4.78 is 0. The first kappa shape index (κ1) is 15.3. The van der Waals surface area contributed by atoms with E-state index in [0.29, 0.717) is 12.8 Å². The molecule has 0 radical (unpaired) electrons. The maximum atomic E-state index is 11.8. The number of carboxylic acids is 1. The molecule has 0 saturated heterocycles. The molecule has 1 amide bonds. The SMILES string of the molecule is Cc1ccc(/C=C/C(=O)NCC2(C(=O)O)CCCC2)cc1. The number of nitrogens with one attached hydrogen (secondary N) is 1. The van der Waals surface area contributed by atoms with E-state index < -0.39 is 11.4 Å². The molecule has 1 aromatic carbocycles. The Morgan fingerprint density at radius 3 is 2.43 bits per heavy atom. The van der Waals surface area contributed by atoms with Crippen LogP contribution in [0.3, 0.4) is 0 Å². The van der Waals surface area contributed by atoms with Crippen LogP contribution in [-0.2, 0) is 9.59 Å². The average Bonchev–Trinajstić information content (AvgIpc) is 2.95. The van der Waals surface area contributed by atoms with Gasteiger partial charge >= 0.3 is 5.97 Å². The molecular weight excluding hydrogens is 266 g/mol. The van der Waals surface area contributed by atoms with Gasteiger partial charge in [-0.25, -0.2) is 0 Å². The molecule has 112 valence electrons. The van der Waals surface area contributed by atoms with E-state index in [1.54, 1.807) is 6.08 Å². The maximum Gasteiger partial charge on any atom is 0.311 e. The number of carbonyl (C=O) groups is 2. The summed E-state index contributed by atoms with van der Waals surface area (Å²) in [7, 11) is 0. The monoisotopic (exact) mass is 287 g/mol. The molecule has 0 aromatic heterocycles. The van der Waals surface area contributed by atoms with Crippen LogP contribution in [0.5, 0.6) is 0 Å². The van der Waals surface area contributed by atoms with E-state index in [-0.39, 0.29) is 12.5 Å². The van der Waals surface area contributed by atoms with Crippen molar-refractivity contribution in [2.75, 3.05) is 6.54 Å². The molecule has 1 saturated carbocycles. The molecule has 4 heteroatoms. The minimum Gasteiger partial charge on any atom is -0.481 e. The molecule has 0 spiro atoms. The Kier molecular flexibility index (Phi) is 4.78. The summed E-state index contributed by atoms with van der Waals surface area (Å²) >= 11 is 0. The number of amides is 1. The standard InChI is InChI=1S/C17H21NO3/c1-13-4-6-14(7-5-13)8-9-15(19)18-12-17(16(20)21)10-2-3-11-17/h4-9H,2-3,10-12H2,1H3,(H,18,19)(H,20,21)/b9-8+. The number of hydrogen-bond donors (Lipinski definition) is 2. The molecule has 1 fully saturated rings. The smallest absolute Gasteiger partial charge is 0.311 e. The third-order valence-electron chi connectivity index (χ3n) is 4.12. The van der Waals surface area contributed by atoms with Gasteiger partial charge in [0.2, 0.25) is 5.91 Å². The molecule has 2 rings (SSSR count). The quantitative estimate of drug-likeness (QED) is 0.818. The van der Waals surface area contributed by atoms with Gasteiger partial charge in [-0.3, -0.25) is 9.59 Å². The highest BCUT2D eigenvalue weighted by Crippen LogP contribution is 2.37. The van der Waals surface area contributed by atoms with Crippen molar-refractivity contribution in [1.29, 1.82) is 0 Å². The van der Waals surface area contributed by atoms with Gasteiger partial charge in [-0.1, -0.05) is 42.7 Å². The van der Waals surface area contributed by atoms with E-state index in [0.717, 1.165) is 18.4 Å². The molecule has 1 aliphatic rings. The second-order valence-electron chi connectivity index (χ2n) is 5.75. The van der Waals surface area contributed by atoms with Crippen LogP contribution in [0.25, 0.3) is 6.08 Å². The van der Waals surface area contributed by atoms with Crippen molar-refractivity contribution in [2.45, 2.75) is 32.6 Å². The fourth-order valence-corrected chi connectivity index (χ4v) is 2.68. The van der Waals surface area contributed by atoms with Crippen molar-refractivity contribution in [3.8, 4) is 0 Å². The predicted octanol–water partition coefficient (Wildman–Crippen LogP) is 2.77. The second kappa shape index (κ2) is 6.57. The summed E-state index contributed by atoms with van der Waals surface area (Å²) in [6, 6.07) is 7.84. The number of aliphatic carboxylic acids is 1. The number of carbonyl (C=O) groups excluding carboxylic acids is 1. The van der Waals surface area contributed by atoms with Crippen molar-refractivity contribution in [3.63, 3.8) is 0 Å². The summed E-state index contributed by atoms with van der Waals surface area (Å²) in [6.45, 7) is 2.21. The van der Waals surface area contributed by atoms with Crippen molar-refractivity contribution in [2.24, 2.45) is 5.41 Å². The molecule has 0 aliphatic heterocycles. The lowest BCUT2D eigenvalue weighted by Crippen LogP contribution is -2.40. The van der Waals surface area contributed by atoms with Gasteiger partial charge in [0, 0.05) is 12.6 Å². The van der Waals surface area contributed by atoms with Gasteiger partial charge in [0.05, 0.1) is 5.41 Å². The molecule has 0 heterocycles. The van der Waals surface area contributed by atoms with Gasteiger partial charge in [0.25, 0.3) is 0 Å². The largest absolute Gasteiger partial charge is 0.481 e. The Hall–Kier alpha value is -2.10. The lowest BCUT2D eigenvalue weighted by molar-refractivity contribution is -0.148. The first-order valence-electron chi connectivity index (χ1n) is 7.28. The minimum absolute atomic E-state index is 0.208. The average molecular weight is 287 g/mol. The molecule has 0 atom stereocenters. The first-order chi connectivity index (χ1) is 10.0. The fraction of sp³-hybridized carbons (Fsp3) is 0.412. The highest BCUT2D eigenvalue weighted by Gasteiger charge is 2.41. The maximum absolute atomic E-state index is 11.8. The number of rotatable bonds is 5. The van der Waals surface area contributed by atoms with E-state index in [4.69, 9.17) is 0 Å². The number of hydrogen-bond acceptors (Lipinski definition) is 2. The van der Waals surface area contributed by atoms with Crippen LogP contribution in [0.4, 0.5) is 0 Å². The van der Waals surface area contributed by atoms with Crippen LogP contribution < -0.4 is 5.32 Å². The van der Waals surface area contributed by atoms with Crippen LogP contribution in [0, 0.1) is 12.3 Å². The summed E-state index contributed by atoms with van der Waals surface area (Å²) in [5, 5.41) is 12.1. The Balaban J connectivity index is 1.89. The van der Waals surface area contributed by atoms with Gasteiger partial charge < -0.3 is 10.4 Å². The highest BCUT2D eigenvalue weighted by atomic mass is 16.4. The molecule has 0 bridgehead atoms. The molecule has 1 aliphatic carbocycles. The highest BCUT2D eigenvalue weighted by molar-refractivity contribution is 5.92. The molecule has 2 N–H and O–H groups in total. The van der Waals surface area contributed by atoms with Gasteiger partial charge in [-0.05, 0) is 31.4 Å². The van der Waals surface area contributed by atoms with Crippen LogP contribution in [0.15, 0.2) is 30.3 Å². The van der Waals surface area contributed by atoms with Crippen molar-refractivity contribution < 1.29 is 14.7 Å². The molecular formula is C17H21NO3. The van der Waals surface area contributed by atoms with Gasteiger partial charge in [0.15, 0.2) is 0 Å². The third-order valence-corrected chi connectivity index (χ3v) is 4.12. The van der Waals surface area contributed by atoms with Gasteiger partial charge in [-0.2, -0.15) is 0 Å². The summed E-state index contributed by atoms with van der Waals surface area (Å²) in [4.78, 5) is 23.2. The van der Waals surface area contributed by atoms with Crippen molar-refractivity contribution in [3.05, 3.63) is 41.5 Å². The van der Waals surface area contributed by atoms with Crippen molar-refractivity contribution >= 4 is 18.0 Å². The topological polar surface area (TPSA) is 66.4 Å². The van der Waals surface area contributed by atoms with E-state index in [9.17, 15) is 14.7 Å². The van der Waals surface area contributed by atoms with E-state index in [1.165, 1.54) is 11.6 Å². The van der Waals surface area contributed by atoms with Gasteiger partial charge in [-0.15, -0.1) is 0 Å². The Labute approximate surface area is 124 Å². The summed E-state index contributed by atoms with van der Waals surface area (Å²) in [5.41, 5.74) is 1.35. The molecule has 0 unspecified atom stereocenters. The van der Waals surface area contributed by atoms with Crippen LogP contribution >= 0.6 is 0 Å². The summed E-state index contributed by atoms with van der Waals surface area (Å²) in [5.74, 6) is -1.05. The van der Waals surface area contributed by atoms with E-state index >= 15 is 0 Å². The van der Waals surface area contributed by atoms with E-state index in [1.807, 2.05) is 31.2 Å². The Morgan fingerprint density at radius 2 is 1.86 bits per heavy atom. The van der Waals surface area contributed by atoms with Crippen molar-refractivity contribution in [1.82, 2.24) is 5.32 Å². The minimum atomic E-state index is -0.803. The number of aryl methyl sites for hydroxylation is 1. The predicted molar refractivity (Wildman–Crippen MR) is 81.8 cm³/mol. The zero-order valence-corrected chi connectivity index (χ0v) is 12.3. The van der Waals surface area contributed by atoms with Crippen LogP contribution in [0.1, 0.15) is 36.8 Å². The lowest BCUT2D eigenvalue weighted by atomic mass is 9.86. The van der Waals surface area contributed by atoms with Gasteiger partial charge in [0.1, 0.15) is 0 Å². The zero-order chi connectivity index (χ0) is 15.3. The lowest BCUT2D eigenvalue weighted by Gasteiger charge is -2.23. The molecule has 1 aromatic rings. The Bertz CT molecular complexity index is 540. The van der Waals surface area contributed by atoms with E-state index in [2.05, 4.69) is 5.32 Å². The van der Waals surface area contributed by atoms with Crippen LogP contribution in [0.2, 0.25) is 0 Å². The summed E-state index contributed by atoms with van der Waals surface area (Å²) in [6.07, 6.45) is 6.31. The normalized spacial score (nSPS) is 17.0. The zero-order valence-electron chi connectivity index (χ0n) is 12.3. The molecule has 21 heavy (non-hydrogen) atoms. The Morgan fingerprint density at radius 1 is 1.24 bits per heavy atom. The second-order valence-corrected chi connectivity index (χ2v) is 5.75. The number of benzene rings is 1. The first-order valence-corrected chi connectivity index (χ1v) is 7.28.